The van der Waals surface area contributed by atoms with Crippen LogP contribution in [0.15, 0.2) is 60.4 Å². The third-order valence-electron chi connectivity index (χ3n) is 6.46. The van der Waals surface area contributed by atoms with Crippen molar-refractivity contribution in [3.63, 3.8) is 0 Å². The van der Waals surface area contributed by atoms with Gasteiger partial charge < -0.3 is 9.13 Å². The van der Waals surface area contributed by atoms with E-state index in [1.165, 1.54) is 39.3 Å². The van der Waals surface area contributed by atoms with Gasteiger partial charge in [0.25, 0.3) is 9.84 Å². The molecule has 2 nitrogen and oxygen atoms in total. The molecule has 0 saturated heterocycles. The van der Waals surface area contributed by atoms with Gasteiger partial charge in [0.2, 0.25) is 0 Å². The van der Waals surface area contributed by atoms with Crippen molar-refractivity contribution in [2.45, 2.75) is 86.0 Å². The molecular weight excluding hydrogens is 404 g/mol. The first kappa shape index (κ1) is 24.4. The summed E-state index contributed by atoms with van der Waals surface area (Å²) in [5, 5.41) is 0. The molecule has 0 bridgehead atoms. The molecule has 1 aliphatic rings. The van der Waals surface area contributed by atoms with Crippen LogP contribution in [0.1, 0.15) is 108 Å². The second kappa shape index (κ2) is 9.70. The molecule has 2 aromatic carbocycles. The monoisotopic (exact) mass is 445 g/mol. The van der Waals surface area contributed by atoms with Gasteiger partial charge in [-0.3, -0.25) is 0 Å². The van der Waals surface area contributed by atoms with E-state index < -0.39 is 0 Å². The normalized spacial score (nSPS) is 14.9. The molecule has 3 heteroatoms. The molecule has 3 rings (SSSR count). The van der Waals surface area contributed by atoms with Crippen LogP contribution in [-0.4, -0.2) is 9.84 Å². The van der Waals surface area contributed by atoms with Gasteiger partial charge in [-0.2, -0.15) is 0 Å². The lowest BCUT2D eigenvalue weighted by molar-refractivity contribution is 0.825. The Kier molecular flexibility index (Phi) is 7.39. The van der Waals surface area contributed by atoms with E-state index in [-0.39, 0.29) is 9.84 Å². The zero-order valence-electron chi connectivity index (χ0n) is 21.5. The molecular formula is C29H41N2Si. The highest BCUT2D eigenvalue weighted by atomic mass is 28.2. The van der Waals surface area contributed by atoms with Crippen LogP contribution in [0.2, 0.25) is 0 Å². The maximum absolute atomic E-state index is 4.51. The summed E-state index contributed by atoms with van der Waals surface area (Å²) in [5.74, 6) is 1.88. The molecule has 1 radical (unpaired) electrons. The topological polar surface area (TPSA) is 6.48 Å². The molecule has 0 aliphatic carbocycles. The summed E-state index contributed by atoms with van der Waals surface area (Å²) in [6.45, 7) is 25.2. The van der Waals surface area contributed by atoms with E-state index in [9.17, 15) is 0 Å². The summed E-state index contributed by atoms with van der Waals surface area (Å²) in [6.07, 6.45) is 2.28. The summed E-state index contributed by atoms with van der Waals surface area (Å²) in [4.78, 5) is 0. The van der Waals surface area contributed by atoms with Crippen molar-refractivity contribution in [1.29, 1.82) is 0 Å². The summed E-state index contributed by atoms with van der Waals surface area (Å²) in [7, 11) is -0.207. The van der Waals surface area contributed by atoms with E-state index in [4.69, 9.17) is 0 Å². The molecule has 2 aromatic rings. The predicted octanol–water partition coefficient (Wildman–Crippen LogP) is 8.19. The quantitative estimate of drug-likeness (QED) is 0.413. The minimum atomic E-state index is -0.207. The number of rotatable bonds is 6. The fourth-order valence-corrected chi connectivity index (χ4v) is 6.21. The smallest absolute Gasteiger partial charge is 0.287 e. The standard InChI is InChI=1S/C29H41N2Si/c1-18(2)24-13-11-14-25(19(3)4)28(24)30-22(9)17-23(10)31(32-30)29-26(20(5)6)15-12-16-27(29)21(7)8/h11-21,32H,9H2,1-8,10H3. The van der Waals surface area contributed by atoms with Gasteiger partial charge in [-0.1, -0.05) is 98.4 Å². The van der Waals surface area contributed by atoms with Crippen LogP contribution in [0.5, 0.6) is 0 Å². The SMILES string of the molecule is C=C1C=C(C)N(c2c(C(C)C)cccc2C(C)C)[SiH]N1c1c(C(C)C)cccc1C(C)C. The van der Waals surface area contributed by atoms with E-state index in [2.05, 4.69) is 120 Å². The van der Waals surface area contributed by atoms with Gasteiger partial charge in [0, 0.05) is 22.8 Å². The average Bonchev–Trinajstić information content (AvgIpc) is 2.72. The molecule has 0 aromatic heterocycles. The van der Waals surface area contributed by atoms with E-state index in [0.29, 0.717) is 23.7 Å². The summed E-state index contributed by atoms with van der Waals surface area (Å²) in [5.41, 5.74) is 10.9. The molecule has 0 amide bonds. The van der Waals surface area contributed by atoms with E-state index >= 15 is 0 Å². The minimum absolute atomic E-state index is 0.207. The van der Waals surface area contributed by atoms with Crippen molar-refractivity contribution < 1.29 is 0 Å². The molecule has 32 heavy (non-hydrogen) atoms. The lowest BCUT2D eigenvalue weighted by Crippen LogP contribution is -2.45. The lowest BCUT2D eigenvalue weighted by Gasteiger charge is -2.42. The molecule has 0 N–H and O–H groups in total. The minimum Gasteiger partial charge on any atom is -0.356 e. The van der Waals surface area contributed by atoms with Crippen molar-refractivity contribution in [2.24, 2.45) is 0 Å². The molecule has 0 spiro atoms. The number of anilines is 2. The maximum atomic E-state index is 4.51. The van der Waals surface area contributed by atoms with Crippen molar-refractivity contribution in [3.05, 3.63) is 82.7 Å². The van der Waals surface area contributed by atoms with Gasteiger partial charge in [0.05, 0.1) is 0 Å². The van der Waals surface area contributed by atoms with Crippen LogP contribution in [0.4, 0.5) is 11.4 Å². The second-order valence-electron chi connectivity index (χ2n) is 10.3. The fraction of sp³-hybridized carbons (Fsp3) is 0.448. The van der Waals surface area contributed by atoms with Gasteiger partial charge in [0.15, 0.2) is 0 Å². The first-order valence-electron chi connectivity index (χ1n) is 12.1. The summed E-state index contributed by atoms with van der Waals surface area (Å²) in [6, 6.07) is 13.7. The van der Waals surface area contributed by atoms with Gasteiger partial charge >= 0.3 is 0 Å². The number of benzene rings is 2. The first-order chi connectivity index (χ1) is 15.0. The Morgan fingerprint density at radius 3 is 1.31 bits per heavy atom. The third-order valence-corrected chi connectivity index (χ3v) is 8.18. The lowest BCUT2D eigenvalue weighted by atomic mass is 9.92. The van der Waals surface area contributed by atoms with Crippen molar-refractivity contribution >= 4 is 21.2 Å². The molecule has 0 atom stereocenters. The summed E-state index contributed by atoms with van der Waals surface area (Å²) >= 11 is 0. The highest BCUT2D eigenvalue weighted by Gasteiger charge is 2.30. The van der Waals surface area contributed by atoms with E-state index in [0.717, 1.165) is 5.70 Å². The number of para-hydroxylation sites is 2. The van der Waals surface area contributed by atoms with Crippen LogP contribution < -0.4 is 9.13 Å². The Hall–Kier alpha value is -2.26. The van der Waals surface area contributed by atoms with Gasteiger partial charge in [-0.15, -0.1) is 0 Å². The zero-order chi connectivity index (χ0) is 23.7. The Labute approximate surface area is 199 Å². The van der Waals surface area contributed by atoms with Crippen LogP contribution >= 0.6 is 0 Å². The Bertz CT molecular complexity index is 961. The number of hydrogen-bond acceptors (Lipinski definition) is 2. The average molecular weight is 446 g/mol. The van der Waals surface area contributed by atoms with Crippen LogP contribution in [0.25, 0.3) is 0 Å². The van der Waals surface area contributed by atoms with Gasteiger partial charge in [-0.05, 0) is 58.9 Å². The zero-order valence-corrected chi connectivity index (χ0v) is 22.7. The first-order valence-corrected chi connectivity index (χ1v) is 13.1. The van der Waals surface area contributed by atoms with Crippen molar-refractivity contribution in [1.82, 2.24) is 0 Å². The Balaban J connectivity index is 2.22. The molecule has 171 valence electrons. The molecule has 0 unspecified atom stereocenters. The number of hydrogen-bond donors (Lipinski definition) is 0. The molecule has 1 heterocycles. The molecule has 1 aliphatic heterocycles. The molecule has 0 saturated carbocycles. The summed E-state index contributed by atoms with van der Waals surface area (Å²) < 4.78 is 5.12. The number of nitrogens with zero attached hydrogens (tertiary/aromatic N) is 2. The van der Waals surface area contributed by atoms with Crippen LogP contribution in [0.3, 0.4) is 0 Å². The number of allylic oxidation sites excluding steroid dienone is 2. The highest BCUT2D eigenvalue weighted by Crippen LogP contribution is 2.42. The van der Waals surface area contributed by atoms with Crippen molar-refractivity contribution in [2.75, 3.05) is 9.13 Å². The predicted molar refractivity (Wildman–Crippen MR) is 144 cm³/mol. The fourth-order valence-electron chi connectivity index (χ4n) is 4.68. The third kappa shape index (κ3) is 4.59. The maximum Gasteiger partial charge on any atom is 0.287 e. The highest BCUT2D eigenvalue weighted by molar-refractivity contribution is 6.50. The van der Waals surface area contributed by atoms with Gasteiger partial charge in [0.1, 0.15) is 0 Å². The van der Waals surface area contributed by atoms with Gasteiger partial charge in [-0.25, -0.2) is 0 Å². The Morgan fingerprint density at radius 1 is 0.625 bits per heavy atom. The van der Waals surface area contributed by atoms with E-state index in [1.807, 2.05) is 0 Å². The second-order valence-corrected chi connectivity index (χ2v) is 11.6. The van der Waals surface area contributed by atoms with Crippen molar-refractivity contribution in [3.8, 4) is 0 Å². The van der Waals surface area contributed by atoms with Crippen LogP contribution in [0, 0.1) is 0 Å². The largest absolute Gasteiger partial charge is 0.356 e. The van der Waals surface area contributed by atoms with Crippen LogP contribution in [-0.2, 0) is 0 Å². The Morgan fingerprint density at radius 2 is 0.969 bits per heavy atom. The van der Waals surface area contributed by atoms with E-state index in [1.54, 1.807) is 0 Å². The molecule has 0 fully saturated rings.